The topological polar surface area (TPSA) is 26.0 Å². The van der Waals surface area contributed by atoms with Gasteiger partial charge in [-0.1, -0.05) is 64.6 Å². The summed E-state index contributed by atoms with van der Waals surface area (Å²) in [4.78, 5) is 0. The lowest BCUT2D eigenvalue weighted by Crippen LogP contribution is -2.15. The van der Waals surface area contributed by atoms with Gasteiger partial charge >= 0.3 is 0 Å². The molecule has 1 nitrogen and oxygen atoms in total. The summed E-state index contributed by atoms with van der Waals surface area (Å²) in [5, 5.41) is 2.33. The van der Waals surface area contributed by atoms with E-state index in [0.717, 1.165) is 11.1 Å². The van der Waals surface area contributed by atoms with E-state index in [4.69, 9.17) is 52.1 Å². The number of hydrogen-bond acceptors (Lipinski definition) is 1. The van der Waals surface area contributed by atoms with Crippen molar-refractivity contribution in [1.29, 1.82) is 0 Å². The molecule has 1 atom stereocenters. The Morgan fingerprint density at radius 3 is 2.35 bits per heavy atom. The molecule has 20 heavy (non-hydrogen) atoms. The van der Waals surface area contributed by atoms with Crippen LogP contribution in [0.1, 0.15) is 17.0 Å². The Morgan fingerprint density at radius 1 is 0.950 bits per heavy atom. The van der Waals surface area contributed by atoms with E-state index in [1.807, 2.05) is 24.3 Å². The van der Waals surface area contributed by atoms with Crippen LogP contribution >= 0.6 is 46.4 Å². The smallest absolute Gasteiger partial charge is 0.0627 e. The quantitative estimate of drug-likeness (QED) is 0.766. The maximum absolute atomic E-state index is 6.26. The molecule has 0 heterocycles. The molecule has 0 aromatic heterocycles. The van der Waals surface area contributed by atoms with Gasteiger partial charge in [0.1, 0.15) is 0 Å². The molecule has 0 fully saturated rings. The molecule has 0 saturated carbocycles. The van der Waals surface area contributed by atoms with E-state index in [1.165, 1.54) is 0 Å². The average molecular weight is 349 g/mol. The van der Waals surface area contributed by atoms with Crippen LogP contribution in [0.2, 0.25) is 20.1 Å². The molecule has 2 aromatic carbocycles. The van der Waals surface area contributed by atoms with Crippen molar-refractivity contribution in [2.24, 2.45) is 5.73 Å². The minimum absolute atomic E-state index is 0.0554. The summed E-state index contributed by atoms with van der Waals surface area (Å²) >= 11 is 24.4. The average Bonchev–Trinajstić information content (AvgIpc) is 2.42. The Morgan fingerprint density at radius 2 is 1.70 bits per heavy atom. The first-order valence-corrected chi connectivity index (χ1v) is 7.62. The van der Waals surface area contributed by atoms with Gasteiger partial charge in [0, 0.05) is 16.0 Å². The summed E-state index contributed by atoms with van der Waals surface area (Å²) in [6.07, 6.45) is 0.687. The summed E-state index contributed by atoms with van der Waals surface area (Å²) in [5.41, 5.74) is 7.81. The van der Waals surface area contributed by atoms with Crippen molar-refractivity contribution >= 4 is 46.4 Å². The minimum Gasteiger partial charge on any atom is -0.330 e. The van der Waals surface area contributed by atoms with E-state index in [2.05, 4.69) is 0 Å². The molecule has 0 saturated heterocycles. The Hall–Kier alpha value is -0.440. The summed E-state index contributed by atoms with van der Waals surface area (Å²) in [7, 11) is 0. The van der Waals surface area contributed by atoms with Crippen molar-refractivity contribution in [3.05, 3.63) is 67.6 Å². The van der Waals surface area contributed by atoms with Gasteiger partial charge in [0.25, 0.3) is 0 Å². The third-order valence-corrected chi connectivity index (χ3v) is 4.61. The van der Waals surface area contributed by atoms with Gasteiger partial charge in [-0.3, -0.25) is 0 Å². The van der Waals surface area contributed by atoms with Crippen LogP contribution in [0.3, 0.4) is 0 Å². The molecule has 0 bridgehead atoms. The van der Waals surface area contributed by atoms with Crippen LogP contribution in [0.15, 0.2) is 36.4 Å². The van der Waals surface area contributed by atoms with Crippen LogP contribution < -0.4 is 5.73 Å². The number of rotatable bonds is 4. The van der Waals surface area contributed by atoms with Crippen LogP contribution in [0, 0.1) is 0 Å². The molecule has 0 aliphatic carbocycles. The highest BCUT2D eigenvalue weighted by Crippen LogP contribution is 2.33. The molecule has 2 N–H and O–H groups in total. The maximum atomic E-state index is 6.26. The zero-order valence-corrected chi connectivity index (χ0v) is 13.6. The minimum atomic E-state index is 0.0554. The second-order valence-corrected chi connectivity index (χ2v) is 6.14. The fourth-order valence-electron chi connectivity index (χ4n) is 2.11. The Bertz CT molecular complexity index is 613. The largest absolute Gasteiger partial charge is 0.330 e. The first kappa shape index (κ1) is 15.9. The highest BCUT2D eigenvalue weighted by molar-refractivity contribution is 6.42. The molecule has 0 spiro atoms. The molecular weight excluding hydrogens is 336 g/mol. The van der Waals surface area contributed by atoms with Gasteiger partial charge < -0.3 is 5.73 Å². The second-order valence-electron chi connectivity index (χ2n) is 4.52. The van der Waals surface area contributed by atoms with Crippen molar-refractivity contribution in [3.8, 4) is 0 Å². The number of hydrogen-bond donors (Lipinski definition) is 1. The van der Waals surface area contributed by atoms with E-state index in [0.29, 0.717) is 33.1 Å². The normalized spacial score (nSPS) is 12.4. The van der Waals surface area contributed by atoms with Crippen molar-refractivity contribution < 1.29 is 0 Å². The zero-order chi connectivity index (χ0) is 14.7. The van der Waals surface area contributed by atoms with E-state index < -0.39 is 0 Å². The van der Waals surface area contributed by atoms with Gasteiger partial charge in [-0.05, 0) is 42.3 Å². The van der Waals surface area contributed by atoms with Crippen molar-refractivity contribution in [3.63, 3.8) is 0 Å². The standard InChI is InChI=1S/C15H13Cl4N/c16-11-5-4-9(14(18)7-11)6-10(8-20)12-2-1-3-13(17)15(12)19/h1-5,7,10H,6,8,20H2. The third kappa shape index (κ3) is 3.60. The summed E-state index contributed by atoms with van der Waals surface area (Å²) in [6.45, 7) is 0.457. The van der Waals surface area contributed by atoms with Gasteiger partial charge in [0.05, 0.1) is 10.0 Å². The molecule has 106 valence electrons. The van der Waals surface area contributed by atoms with Gasteiger partial charge in [0.15, 0.2) is 0 Å². The van der Waals surface area contributed by atoms with Crippen LogP contribution in [0.25, 0.3) is 0 Å². The Labute approximate surface area is 138 Å². The highest BCUT2D eigenvalue weighted by atomic mass is 35.5. The SMILES string of the molecule is NCC(Cc1ccc(Cl)cc1Cl)c1cccc(Cl)c1Cl. The van der Waals surface area contributed by atoms with Crippen molar-refractivity contribution in [1.82, 2.24) is 0 Å². The Balaban J connectivity index is 2.31. The number of halogens is 4. The number of benzene rings is 2. The summed E-state index contributed by atoms with van der Waals surface area (Å²) in [5.74, 6) is 0.0554. The van der Waals surface area contributed by atoms with Crippen LogP contribution in [0.4, 0.5) is 0 Å². The first-order chi connectivity index (χ1) is 9.52. The predicted molar refractivity (Wildman–Crippen MR) is 88.4 cm³/mol. The summed E-state index contributed by atoms with van der Waals surface area (Å²) < 4.78 is 0. The van der Waals surface area contributed by atoms with Crippen LogP contribution in [-0.4, -0.2) is 6.54 Å². The fraction of sp³-hybridized carbons (Fsp3) is 0.200. The van der Waals surface area contributed by atoms with Crippen LogP contribution in [0.5, 0.6) is 0 Å². The van der Waals surface area contributed by atoms with E-state index in [9.17, 15) is 0 Å². The van der Waals surface area contributed by atoms with Crippen molar-refractivity contribution in [2.45, 2.75) is 12.3 Å². The lowest BCUT2D eigenvalue weighted by atomic mass is 9.92. The second kappa shape index (κ2) is 7.02. The molecule has 0 aliphatic heterocycles. The highest BCUT2D eigenvalue weighted by Gasteiger charge is 2.17. The number of nitrogens with two attached hydrogens (primary N) is 1. The molecule has 2 rings (SSSR count). The lowest BCUT2D eigenvalue weighted by Gasteiger charge is -2.18. The van der Waals surface area contributed by atoms with Crippen molar-refractivity contribution in [2.75, 3.05) is 6.54 Å². The fourth-order valence-corrected chi connectivity index (χ4v) is 3.06. The predicted octanol–water partition coefficient (Wildman–Crippen LogP) is 5.59. The molecule has 0 aliphatic rings. The molecule has 0 radical (unpaired) electrons. The summed E-state index contributed by atoms with van der Waals surface area (Å²) in [6, 6.07) is 11.0. The third-order valence-electron chi connectivity index (χ3n) is 3.19. The van der Waals surface area contributed by atoms with E-state index >= 15 is 0 Å². The van der Waals surface area contributed by atoms with E-state index in [-0.39, 0.29) is 5.92 Å². The van der Waals surface area contributed by atoms with Gasteiger partial charge in [-0.25, -0.2) is 0 Å². The maximum Gasteiger partial charge on any atom is 0.0627 e. The van der Waals surface area contributed by atoms with Gasteiger partial charge in [-0.15, -0.1) is 0 Å². The van der Waals surface area contributed by atoms with E-state index in [1.54, 1.807) is 12.1 Å². The van der Waals surface area contributed by atoms with Gasteiger partial charge in [0.2, 0.25) is 0 Å². The molecule has 0 amide bonds. The lowest BCUT2D eigenvalue weighted by molar-refractivity contribution is 0.695. The Kier molecular flexibility index (Phi) is 5.59. The molecular formula is C15H13Cl4N. The molecule has 1 unspecified atom stereocenters. The van der Waals surface area contributed by atoms with Crippen LogP contribution in [-0.2, 0) is 6.42 Å². The molecule has 2 aromatic rings. The first-order valence-electron chi connectivity index (χ1n) is 6.10. The zero-order valence-electron chi connectivity index (χ0n) is 10.5. The molecule has 5 heteroatoms. The monoisotopic (exact) mass is 347 g/mol. The van der Waals surface area contributed by atoms with Gasteiger partial charge in [-0.2, -0.15) is 0 Å².